The van der Waals surface area contributed by atoms with Crippen LogP contribution in [0.5, 0.6) is 0 Å². The van der Waals surface area contributed by atoms with E-state index in [-0.39, 0.29) is 30.2 Å². The minimum absolute atomic E-state index is 0.204. The normalized spacial score (nSPS) is 17.9. The number of aryl methyl sites for hydroxylation is 4. The van der Waals surface area contributed by atoms with Crippen molar-refractivity contribution in [1.82, 2.24) is 79.4 Å². The SMILES string of the molecule is [2H]c1cc([2H])c2nc(CN(CCCCN)[C@H]3CCCc4cccnc43)[nH]c2c1.[2H]c1cc2nc(CN(CCCCN)[C@H]3CCCc4cccnc43)[nH]c2cc1[2H].[2H]c1ccc([2H])c2[nH]c(CN(CCCCN)[C@H]3CCCc4cccnc43)nc12.[2H]c1ccc2[nH]c(CN(CCCCN)[C@H]3CCCc4cccnc43)nc2c1. The summed E-state index contributed by atoms with van der Waals surface area (Å²) in [5.41, 5.74) is 39.1. The fraction of sp³-hybridized carbons (Fsp3) is 0.429. The summed E-state index contributed by atoms with van der Waals surface area (Å²) in [6.45, 7) is 9.40. The number of hydrogen-bond acceptors (Lipinski definition) is 16. The van der Waals surface area contributed by atoms with Gasteiger partial charge in [-0.05, 0) is 276 Å². The van der Waals surface area contributed by atoms with Gasteiger partial charge < -0.3 is 42.9 Å². The van der Waals surface area contributed by atoms with Crippen molar-refractivity contribution in [1.29, 1.82) is 0 Å². The maximum Gasteiger partial charge on any atom is 0.121 e. The van der Waals surface area contributed by atoms with Crippen LogP contribution in [0.2, 0.25) is 0 Å². The number of pyridine rings is 4. The molecule has 104 heavy (non-hydrogen) atoms. The Morgan fingerprint density at radius 3 is 1.05 bits per heavy atom. The number of nitrogens with one attached hydrogen (secondary N) is 4. The molecule has 0 spiro atoms. The number of H-pyrrole nitrogens is 4. The molecule has 4 aliphatic rings. The van der Waals surface area contributed by atoms with E-state index in [0.717, 1.165) is 206 Å². The van der Waals surface area contributed by atoms with Gasteiger partial charge >= 0.3 is 0 Å². The number of imidazole rings is 4. The van der Waals surface area contributed by atoms with E-state index in [1.165, 1.54) is 63.9 Å². The first-order valence-electron chi connectivity index (χ1n) is 41.6. The first kappa shape index (κ1) is 64.6. The standard InChI is InChI=1S/4C21H27N5/c4*22-12-3-4-14-26(15-20-24-17-9-1-2-10-18(17)25-20)19-11-5-7-16-8-6-13-23-21(16)19/h4*1-2,6,8-10,13,19H,3-5,7,11-12,14-15,22H2,(H,24,25)/t4*19-/m0000/s1/i9D,10D;1D,10D;1D,2D;1D. The Bertz CT molecular complexity index is 4930. The number of hydrogen-bond donors (Lipinski definition) is 8. The fourth-order valence-electron chi connectivity index (χ4n) is 15.7. The van der Waals surface area contributed by atoms with E-state index in [0.29, 0.717) is 92.1 Å². The van der Waals surface area contributed by atoms with Gasteiger partial charge in [0, 0.05) is 24.8 Å². The third-order valence-electron chi connectivity index (χ3n) is 20.7. The van der Waals surface area contributed by atoms with E-state index in [1.807, 2.05) is 61.2 Å². The van der Waals surface area contributed by atoms with Crippen LogP contribution in [-0.2, 0) is 51.9 Å². The molecule has 0 amide bonds. The Balaban J connectivity index is 0.000000130. The maximum absolute atomic E-state index is 8.09. The number of fused-ring (bicyclic) bond motifs is 8. The van der Waals surface area contributed by atoms with Gasteiger partial charge in [-0.25, -0.2) is 19.9 Å². The van der Waals surface area contributed by atoms with Crippen LogP contribution < -0.4 is 22.9 Å². The van der Waals surface area contributed by atoms with Gasteiger partial charge in [0.25, 0.3) is 0 Å². The zero-order valence-corrected chi connectivity index (χ0v) is 60.2. The van der Waals surface area contributed by atoms with E-state index in [1.54, 1.807) is 36.4 Å². The number of unbranched alkanes of at least 4 members (excludes halogenated alkanes) is 4. The maximum atomic E-state index is 8.09. The largest absolute Gasteiger partial charge is 0.341 e. The van der Waals surface area contributed by atoms with Crippen molar-refractivity contribution in [3.05, 3.63) is 239 Å². The van der Waals surface area contributed by atoms with Crippen LogP contribution in [-0.4, -0.2) is 132 Å². The molecule has 0 aliphatic heterocycles. The molecule has 0 bridgehead atoms. The van der Waals surface area contributed by atoms with Crippen LogP contribution in [0.3, 0.4) is 0 Å². The summed E-state index contributed by atoms with van der Waals surface area (Å²) in [5.74, 6) is 3.46. The summed E-state index contributed by atoms with van der Waals surface area (Å²) in [6, 6.07) is 35.8. The average molecular weight is 1400 g/mol. The summed E-state index contributed by atoms with van der Waals surface area (Å²) in [5, 5.41) is 0. The van der Waals surface area contributed by atoms with Crippen molar-refractivity contribution in [3.8, 4) is 0 Å². The van der Waals surface area contributed by atoms with Gasteiger partial charge in [0.15, 0.2) is 0 Å². The Hall–Kier alpha value is -8.96. The van der Waals surface area contributed by atoms with Gasteiger partial charge in [-0.2, -0.15) is 0 Å². The average Bonchev–Trinajstić information content (AvgIpc) is 1.77. The van der Waals surface area contributed by atoms with E-state index in [2.05, 4.69) is 78.8 Å². The van der Waals surface area contributed by atoms with E-state index in [4.69, 9.17) is 57.4 Å². The minimum atomic E-state index is 0.204. The van der Waals surface area contributed by atoms with Crippen LogP contribution in [0.1, 0.15) is 205 Å². The first-order valence-corrected chi connectivity index (χ1v) is 38.1. The van der Waals surface area contributed by atoms with E-state index >= 15 is 0 Å². The second kappa shape index (κ2) is 37.7. The lowest BCUT2D eigenvalue weighted by Crippen LogP contribution is -2.33. The highest BCUT2D eigenvalue weighted by Crippen LogP contribution is 2.38. The summed E-state index contributed by atoms with van der Waals surface area (Å²) in [7, 11) is 0. The van der Waals surface area contributed by atoms with Crippen molar-refractivity contribution in [3.63, 3.8) is 0 Å². The Morgan fingerprint density at radius 2 is 0.644 bits per heavy atom. The highest BCUT2D eigenvalue weighted by atomic mass is 15.2. The molecular formula is C84H108N20. The number of nitrogens with two attached hydrogens (primary N) is 4. The van der Waals surface area contributed by atoms with E-state index in [9.17, 15) is 0 Å². The lowest BCUT2D eigenvalue weighted by Gasteiger charge is -2.34. The molecule has 544 valence electrons. The molecule has 8 aromatic heterocycles. The quantitative estimate of drug-likeness (QED) is 0.0212. The van der Waals surface area contributed by atoms with Crippen LogP contribution in [0, 0.1) is 0 Å². The molecule has 12 N–H and O–H groups in total. The molecule has 8 heterocycles. The fourth-order valence-corrected chi connectivity index (χ4v) is 15.7. The molecule has 0 unspecified atom stereocenters. The van der Waals surface area contributed by atoms with Gasteiger partial charge in [-0.15, -0.1) is 0 Å². The second-order valence-electron chi connectivity index (χ2n) is 27.9. The molecule has 20 heteroatoms. The number of benzene rings is 4. The summed E-state index contributed by atoms with van der Waals surface area (Å²) < 4.78 is 55.6. The molecule has 4 atom stereocenters. The van der Waals surface area contributed by atoms with Crippen LogP contribution in [0.4, 0.5) is 0 Å². The molecule has 12 aromatic rings. The van der Waals surface area contributed by atoms with Crippen molar-refractivity contribution >= 4 is 44.1 Å². The van der Waals surface area contributed by atoms with Crippen molar-refractivity contribution in [2.75, 3.05) is 52.4 Å². The number of nitrogens with zero attached hydrogens (tertiary/aromatic N) is 12. The third kappa shape index (κ3) is 19.1. The highest BCUT2D eigenvalue weighted by Gasteiger charge is 2.32. The molecular weight excluding hydrogens is 1290 g/mol. The molecule has 0 fully saturated rings. The van der Waals surface area contributed by atoms with Crippen molar-refractivity contribution in [2.24, 2.45) is 22.9 Å². The molecule has 0 saturated heterocycles. The van der Waals surface area contributed by atoms with Gasteiger partial charge in [-0.1, -0.05) is 72.7 Å². The lowest BCUT2D eigenvalue weighted by atomic mass is 9.90. The molecule has 16 rings (SSSR count). The Kier molecular flexibility index (Phi) is 23.4. The topological polar surface area (TPSA) is 283 Å². The number of rotatable bonds is 28. The Labute approximate surface area is 623 Å². The predicted molar refractivity (Wildman–Crippen MR) is 419 cm³/mol. The zero-order valence-electron chi connectivity index (χ0n) is 67.2. The van der Waals surface area contributed by atoms with Crippen molar-refractivity contribution < 1.29 is 9.60 Å². The minimum Gasteiger partial charge on any atom is -0.341 e. The molecule has 4 aromatic carbocycles. The van der Waals surface area contributed by atoms with E-state index < -0.39 is 0 Å². The zero-order chi connectivity index (χ0) is 77.2. The third-order valence-corrected chi connectivity index (χ3v) is 20.7. The summed E-state index contributed by atoms with van der Waals surface area (Å²) in [6.07, 6.45) is 29.3. The molecule has 20 nitrogen and oxygen atoms in total. The predicted octanol–water partition coefficient (Wildman–Crippen LogP) is 14.3. The van der Waals surface area contributed by atoms with Gasteiger partial charge in [0.05, 0.1) is 127 Å². The van der Waals surface area contributed by atoms with Gasteiger partial charge in [0.2, 0.25) is 0 Å². The smallest absolute Gasteiger partial charge is 0.121 e. The van der Waals surface area contributed by atoms with Crippen LogP contribution in [0.25, 0.3) is 44.1 Å². The number of aromatic amines is 4. The monoisotopic (exact) mass is 1400 g/mol. The summed E-state index contributed by atoms with van der Waals surface area (Å²) in [4.78, 5) is 60.8. The van der Waals surface area contributed by atoms with Crippen LogP contribution >= 0.6 is 0 Å². The Morgan fingerprint density at radius 1 is 0.327 bits per heavy atom. The molecule has 4 aliphatic carbocycles. The number of aromatic nitrogens is 12. The van der Waals surface area contributed by atoms with Gasteiger partial charge in [-0.3, -0.25) is 39.5 Å². The lowest BCUT2D eigenvalue weighted by molar-refractivity contribution is 0.159. The second-order valence-corrected chi connectivity index (χ2v) is 27.9. The molecule has 0 radical (unpaired) electrons. The summed E-state index contributed by atoms with van der Waals surface area (Å²) >= 11 is 0. The van der Waals surface area contributed by atoms with Gasteiger partial charge in [0.1, 0.15) is 23.3 Å². The van der Waals surface area contributed by atoms with Crippen LogP contribution in [0.15, 0.2) is 170 Å². The number of para-hydroxylation sites is 8. The highest BCUT2D eigenvalue weighted by molar-refractivity contribution is 5.76. The first-order chi connectivity index (χ1) is 54.2. The van der Waals surface area contributed by atoms with Crippen molar-refractivity contribution in [2.45, 2.75) is 179 Å². The molecule has 0 saturated carbocycles.